The summed E-state index contributed by atoms with van der Waals surface area (Å²) in [7, 11) is 0. The van der Waals surface area contributed by atoms with Crippen LogP contribution in [0.1, 0.15) is 60.5 Å². The number of hydrogen-bond donors (Lipinski definition) is 1. The zero-order chi connectivity index (χ0) is 20.9. The van der Waals surface area contributed by atoms with E-state index in [0.29, 0.717) is 0 Å². The highest BCUT2D eigenvalue weighted by atomic mass is 16.6. The van der Waals surface area contributed by atoms with Crippen LogP contribution in [-0.4, -0.2) is 28.7 Å². The Morgan fingerprint density at radius 2 is 1.52 bits per heavy atom. The number of hydrogen-bond acceptors (Lipinski definition) is 5. The summed E-state index contributed by atoms with van der Waals surface area (Å²) in [5, 5.41) is 0. The largest absolute Gasteiger partial charge is 0.460 e. The van der Waals surface area contributed by atoms with Crippen LogP contribution in [0.15, 0.2) is 36.4 Å². The van der Waals surface area contributed by atoms with Gasteiger partial charge in [0, 0.05) is 5.92 Å². The maximum atomic E-state index is 12.8. The molecule has 0 saturated carbocycles. The molecule has 0 aromatic heterocycles. The van der Waals surface area contributed by atoms with Crippen LogP contribution in [0.3, 0.4) is 0 Å². The van der Waals surface area contributed by atoms with Crippen molar-refractivity contribution >= 4 is 18.0 Å². The van der Waals surface area contributed by atoms with Gasteiger partial charge in [-0.3, -0.25) is 4.79 Å². The van der Waals surface area contributed by atoms with Gasteiger partial charge < -0.3 is 15.2 Å². The van der Waals surface area contributed by atoms with Crippen molar-refractivity contribution in [2.45, 2.75) is 71.6 Å². The van der Waals surface area contributed by atoms with Crippen molar-refractivity contribution in [1.82, 2.24) is 0 Å². The summed E-state index contributed by atoms with van der Waals surface area (Å²) in [6, 6.07) is 9.67. The first-order valence-electron chi connectivity index (χ1n) is 9.20. The maximum absolute atomic E-state index is 12.8. The average molecular weight is 376 g/mol. The standard InChI is InChI=1S/C22H33NO4/c1-16(13-14-17-11-9-8-10-12-17)22(23,19(25)27-21(5,6)7)15-18(24)26-20(2,3)4/h8-14,16H,15,23H2,1-7H3/b14-13+/t16-,22-/m0/s1. The minimum Gasteiger partial charge on any atom is -0.460 e. The number of carbonyl (C=O) groups is 2. The van der Waals surface area contributed by atoms with Gasteiger partial charge in [0.1, 0.15) is 16.7 Å². The molecule has 150 valence electrons. The first kappa shape index (κ1) is 22.9. The normalized spacial score (nSPS) is 15.9. The molecule has 27 heavy (non-hydrogen) atoms. The van der Waals surface area contributed by atoms with Crippen LogP contribution in [0, 0.1) is 5.92 Å². The number of carbonyl (C=O) groups excluding carboxylic acids is 2. The van der Waals surface area contributed by atoms with E-state index in [0.717, 1.165) is 5.56 Å². The Balaban J connectivity index is 3.09. The van der Waals surface area contributed by atoms with Crippen molar-refractivity contribution < 1.29 is 19.1 Å². The highest BCUT2D eigenvalue weighted by Gasteiger charge is 2.44. The first-order valence-corrected chi connectivity index (χ1v) is 9.20. The fourth-order valence-electron chi connectivity index (χ4n) is 2.40. The van der Waals surface area contributed by atoms with Crippen LogP contribution in [0.2, 0.25) is 0 Å². The molecule has 0 aliphatic heterocycles. The summed E-state index contributed by atoms with van der Waals surface area (Å²) in [6.45, 7) is 12.4. The quantitative estimate of drug-likeness (QED) is 0.757. The van der Waals surface area contributed by atoms with E-state index in [-0.39, 0.29) is 6.42 Å². The van der Waals surface area contributed by atoms with Crippen LogP contribution in [0.25, 0.3) is 6.08 Å². The number of esters is 2. The summed E-state index contributed by atoms with van der Waals surface area (Å²) in [5.74, 6) is -1.60. The number of ether oxygens (including phenoxy) is 2. The van der Waals surface area contributed by atoms with Gasteiger partial charge in [-0.25, -0.2) is 4.79 Å². The van der Waals surface area contributed by atoms with E-state index < -0.39 is 34.6 Å². The van der Waals surface area contributed by atoms with E-state index in [9.17, 15) is 9.59 Å². The molecule has 0 amide bonds. The third kappa shape index (κ3) is 7.95. The second kappa shape index (κ2) is 8.70. The van der Waals surface area contributed by atoms with Crippen molar-refractivity contribution in [3.8, 4) is 0 Å². The van der Waals surface area contributed by atoms with Gasteiger partial charge in [-0.2, -0.15) is 0 Å². The van der Waals surface area contributed by atoms with Gasteiger partial charge in [0.15, 0.2) is 0 Å². The summed E-state index contributed by atoms with van der Waals surface area (Å²) < 4.78 is 10.9. The SMILES string of the molecule is C[C@@H](/C=C/c1ccccc1)[C@@](N)(CC(=O)OC(C)(C)C)C(=O)OC(C)(C)C. The molecule has 1 aromatic carbocycles. The number of nitrogens with two attached hydrogens (primary N) is 1. The summed E-state index contributed by atoms with van der Waals surface area (Å²) in [5.41, 5.74) is 4.53. The zero-order valence-corrected chi connectivity index (χ0v) is 17.5. The molecule has 0 fully saturated rings. The molecule has 0 heterocycles. The van der Waals surface area contributed by atoms with Gasteiger partial charge in [0.2, 0.25) is 0 Å². The van der Waals surface area contributed by atoms with Crippen molar-refractivity contribution in [2.75, 3.05) is 0 Å². The molecule has 2 N–H and O–H groups in total. The smallest absolute Gasteiger partial charge is 0.327 e. The Hall–Kier alpha value is -2.14. The molecule has 0 bridgehead atoms. The molecular weight excluding hydrogens is 342 g/mol. The van der Waals surface area contributed by atoms with Gasteiger partial charge >= 0.3 is 11.9 Å². The third-order valence-corrected chi connectivity index (χ3v) is 3.83. The Bertz CT molecular complexity index is 668. The van der Waals surface area contributed by atoms with Crippen molar-refractivity contribution in [3.63, 3.8) is 0 Å². The molecule has 1 aromatic rings. The second-order valence-corrected chi connectivity index (χ2v) is 8.86. The van der Waals surface area contributed by atoms with Crippen molar-refractivity contribution in [3.05, 3.63) is 42.0 Å². The maximum Gasteiger partial charge on any atom is 0.327 e. The lowest BCUT2D eigenvalue weighted by Crippen LogP contribution is -2.57. The van der Waals surface area contributed by atoms with E-state index in [1.165, 1.54) is 0 Å². The molecule has 0 saturated heterocycles. The van der Waals surface area contributed by atoms with E-state index in [2.05, 4.69) is 0 Å². The first-order chi connectivity index (χ1) is 12.2. The highest BCUT2D eigenvalue weighted by Crippen LogP contribution is 2.27. The predicted octanol–water partition coefficient (Wildman–Crippen LogP) is 4.11. The van der Waals surface area contributed by atoms with Crippen molar-refractivity contribution in [2.24, 2.45) is 11.7 Å². The summed E-state index contributed by atoms with van der Waals surface area (Å²) >= 11 is 0. The molecule has 5 nitrogen and oxygen atoms in total. The van der Waals surface area contributed by atoms with Crippen LogP contribution in [-0.2, 0) is 19.1 Å². The Kier molecular flexibility index (Phi) is 7.38. The second-order valence-electron chi connectivity index (χ2n) is 8.86. The fraction of sp³-hybridized carbons (Fsp3) is 0.545. The molecular formula is C22H33NO4. The molecule has 0 aliphatic carbocycles. The van der Waals surface area contributed by atoms with Gasteiger partial charge in [0.05, 0.1) is 6.42 Å². The third-order valence-electron chi connectivity index (χ3n) is 3.83. The minimum absolute atomic E-state index is 0.264. The fourth-order valence-corrected chi connectivity index (χ4v) is 2.40. The van der Waals surface area contributed by atoms with Gasteiger partial charge in [-0.15, -0.1) is 0 Å². The van der Waals surface area contributed by atoms with E-state index >= 15 is 0 Å². The van der Waals surface area contributed by atoms with Crippen LogP contribution >= 0.6 is 0 Å². The van der Waals surface area contributed by atoms with Crippen LogP contribution in [0.4, 0.5) is 0 Å². The lowest BCUT2D eigenvalue weighted by atomic mass is 9.82. The summed E-state index contributed by atoms with van der Waals surface area (Å²) in [6.07, 6.45) is 3.44. The average Bonchev–Trinajstić information content (AvgIpc) is 2.49. The molecule has 1 rings (SSSR count). The number of rotatable bonds is 6. The van der Waals surface area contributed by atoms with Gasteiger partial charge in [-0.05, 0) is 47.1 Å². The predicted molar refractivity (Wildman–Crippen MR) is 108 cm³/mol. The topological polar surface area (TPSA) is 78.6 Å². The Labute approximate surface area is 162 Å². The lowest BCUT2D eigenvalue weighted by molar-refractivity contribution is -0.170. The molecule has 5 heteroatoms. The van der Waals surface area contributed by atoms with E-state index in [4.69, 9.17) is 15.2 Å². The van der Waals surface area contributed by atoms with E-state index in [1.807, 2.05) is 42.5 Å². The number of benzene rings is 1. The zero-order valence-electron chi connectivity index (χ0n) is 17.5. The minimum atomic E-state index is -1.53. The van der Waals surface area contributed by atoms with Crippen molar-refractivity contribution in [1.29, 1.82) is 0 Å². The van der Waals surface area contributed by atoms with E-state index in [1.54, 1.807) is 48.5 Å². The molecule has 0 unspecified atom stereocenters. The lowest BCUT2D eigenvalue weighted by Gasteiger charge is -2.34. The van der Waals surface area contributed by atoms with Gasteiger partial charge in [0.25, 0.3) is 0 Å². The van der Waals surface area contributed by atoms with Gasteiger partial charge in [-0.1, -0.05) is 49.4 Å². The molecule has 0 spiro atoms. The summed E-state index contributed by atoms with van der Waals surface area (Å²) in [4.78, 5) is 25.2. The van der Waals surface area contributed by atoms with Crippen LogP contribution in [0.5, 0.6) is 0 Å². The highest BCUT2D eigenvalue weighted by molar-refractivity contribution is 5.88. The molecule has 0 radical (unpaired) electrons. The molecule has 0 aliphatic rings. The molecule has 2 atom stereocenters. The Morgan fingerprint density at radius 3 is 2.00 bits per heavy atom. The monoisotopic (exact) mass is 375 g/mol. The van der Waals surface area contributed by atoms with Crippen LogP contribution < -0.4 is 5.73 Å². The Morgan fingerprint density at radius 1 is 1.00 bits per heavy atom.